The minimum Gasteiger partial charge on any atom is -0.492 e. The van der Waals surface area contributed by atoms with Gasteiger partial charge in [-0.3, -0.25) is 9.67 Å². The van der Waals surface area contributed by atoms with Crippen LogP contribution in [0, 0.1) is 0 Å². The Morgan fingerprint density at radius 1 is 1.31 bits per heavy atom. The Hall–Kier alpha value is -1.85. The molecule has 9 heteroatoms. The van der Waals surface area contributed by atoms with Crippen LogP contribution in [0.5, 0.6) is 5.75 Å². The summed E-state index contributed by atoms with van der Waals surface area (Å²) in [5.41, 5.74) is 2.22. The molecule has 0 saturated carbocycles. The normalized spacial score (nSPS) is 16.7. The van der Waals surface area contributed by atoms with E-state index in [0.29, 0.717) is 19.8 Å². The molecule has 178 valence electrons. The molecule has 1 atom stereocenters. The molecule has 0 spiro atoms. The van der Waals surface area contributed by atoms with Crippen LogP contribution >= 0.6 is 24.0 Å². The molecule has 1 fully saturated rings. The molecule has 1 saturated heterocycles. The predicted molar refractivity (Wildman–Crippen MR) is 139 cm³/mol. The highest BCUT2D eigenvalue weighted by atomic mass is 127. The van der Waals surface area contributed by atoms with Crippen LogP contribution in [-0.2, 0) is 18.3 Å². The number of aromatic nitrogens is 2. The van der Waals surface area contributed by atoms with Crippen molar-refractivity contribution in [3.63, 3.8) is 0 Å². The highest BCUT2D eigenvalue weighted by Gasteiger charge is 2.25. The lowest BCUT2D eigenvalue weighted by atomic mass is 10.1. The topological polar surface area (TPSA) is 67.2 Å². The van der Waals surface area contributed by atoms with Crippen molar-refractivity contribution in [2.75, 3.05) is 53.0 Å². The number of rotatable bonds is 9. The standard InChI is InChI=1S/C23H36N6O2.HI/c1-5-28(6-2)11-13-30-21-10-8-7-9-19(21)15-25-23(24-3)29-12-14-31-22(18-29)20-16-26-27(4)17-20;/h7-10,16-17,22H,5-6,11-15,18H2,1-4H3,(H,24,25);1H. The summed E-state index contributed by atoms with van der Waals surface area (Å²) in [6.45, 7) is 10.9. The number of aryl methyl sites for hydroxylation is 1. The zero-order valence-corrected chi connectivity index (χ0v) is 22.0. The fourth-order valence-electron chi connectivity index (χ4n) is 3.77. The number of halogens is 1. The molecule has 0 bridgehead atoms. The van der Waals surface area contributed by atoms with Crippen LogP contribution in [0.1, 0.15) is 31.1 Å². The fraction of sp³-hybridized carbons (Fsp3) is 0.565. The molecule has 1 unspecified atom stereocenters. The zero-order valence-electron chi connectivity index (χ0n) is 19.7. The second-order valence-corrected chi connectivity index (χ2v) is 7.64. The van der Waals surface area contributed by atoms with Gasteiger partial charge < -0.3 is 24.6 Å². The minimum absolute atomic E-state index is 0. The van der Waals surface area contributed by atoms with Crippen LogP contribution in [0.25, 0.3) is 0 Å². The fourth-order valence-corrected chi connectivity index (χ4v) is 3.77. The molecule has 1 aromatic heterocycles. The monoisotopic (exact) mass is 556 g/mol. The van der Waals surface area contributed by atoms with Crippen molar-refractivity contribution in [2.45, 2.75) is 26.5 Å². The molecule has 2 heterocycles. The molecule has 0 aliphatic carbocycles. The van der Waals surface area contributed by atoms with Gasteiger partial charge in [-0.15, -0.1) is 24.0 Å². The maximum absolute atomic E-state index is 6.10. The molecular formula is C23H37IN6O2. The van der Waals surface area contributed by atoms with E-state index in [4.69, 9.17) is 9.47 Å². The summed E-state index contributed by atoms with van der Waals surface area (Å²) in [5, 5.41) is 7.77. The van der Waals surface area contributed by atoms with Crippen molar-refractivity contribution in [3.8, 4) is 5.75 Å². The third-order valence-electron chi connectivity index (χ3n) is 5.64. The second-order valence-electron chi connectivity index (χ2n) is 7.64. The average Bonchev–Trinajstić information content (AvgIpc) is 3.24. The Balaban J connectivity index is 0.00000363. The van der Waals surface area contributed by atoms with Crippen LogP contribution in [0.15, 0.2) is 41.7 Å². The van der Waals surface area contributed by atoms with E-state index >= 15 is 0 Å². The van der Waals surface area contributed by atoms with Gasteiger partial charge in [0.2, 0.25) is 0 Å². The molecule has 0 radical (unpaired) electrons. The summed E-state index contributed by atoms with van der Waals surface area (Å²) in [6.07, 6.45) is 3.88. The lowest BCUT2D eigenvalue weighted by molar-refractivity contribution is -0.00805. The lowest BCUT2D eigenvalue weighted by Gasteiger charge is -2.34. The Morgan fingerprint density at radius 3 is 2.78 bits per heavy atom. The van der Waals surface area contributed by atoms with Gasteiger partial charge in [0.25, 0.3) is 0 Å². The van der Waals surface area contributed by atoms with Crippen molar-refractivity contribution in [2.24, 2.45) is 12.0 Å². The predicted octanol–water partition coefficient (Wildman–Crippen LogP) is 2.91. The van der Waals surface area contributed by atoms with Crippen LogP contribution in [-0.4, -0.2) is 78.5 Å². The maximum Gasteiger partial charge on any atom is 0.194 e. The number of nitrogens with one attached hydrogen (secondary N) is 1. The van der Waals surface area contributed by atoms with Gasteiger partial charge in [-0.05, 0) is 19.2 Å². The van der Waals surface area contributed by atoms with Crippen LogP contribution in [0.2, 0.25) is 0 Å². The first-order valence-electron chi connectivity index (χ1n) is 11.1. The maximum atomic E-state index is 6.10. The smallest absolute Gasteiger partial charge is 0.194 e. The van der Waals surface area contributed by atoms with E-state index in [1.54, 1.807) is 0 Å². The molecule has 32 heavy (non-hydrogen) atoms. The number of morpholine rings is 1. The molecule has 1 aliphatic heterocycles. The zero-order chi connectivity index (χ0) is 22.1. The summed E-state index contributed by atoms with van der Waals surface area (Å²) in [5.74, 6) is 1.79. The van der Waals surface area contributed by atoms with Gasteiger partial charge in [0.05, 0.1) is 19.3 Å². The molecule has 8 nitrogen and oxygen atoms in total. The molecule has 3 rings (SSSR count). The number of hydrogen-bond donors (Lipinski definition) is 1. The van der Waals surface area contributed by atoms with E-state index in [-0.39, 0.29) is 30.1 Å². The highest BCUT2D eigenvalue weighted by Crippen LogP contribution is 2.22. The number of nitrogens with zero attached hydrogens (tertiary/aromatic N) is 5. The largest absolute Gasteiger partial charge is 0.492 e. The highest BCUT2D eigenvalue weighted by molar-refractivity contribution is 14.0. The quantitative estimate of drug-likeness (QED) is 0.291. The number of likely N-dealkylation sites (N-methyl/N-ethyl adjacent to an activating group) is 1. The van der Waals surface area contributed by atoms with E-state index in [0.717, 1.165) is 55.6 Å². The molecule has 1 aliphatic rings. The Labute approximate surface area is 209 Å². The van der Waals surface area contributed by atoms with Crippen molar-refractivity contribution in [1.82, 2.24) is 24.9 Å². The van der Waals surface area contributed by atoms with E-state index in [9.17, 15) is 0 Å². The van der Waals surface area contributed by atoms with Gasteiger partial charge in [-0.25, -0.2) is 0 Å². The number of guanidine groups is 1. The van der Waals surface area contributed by atoms with Crippen LogP contribution in [0.4, 0.5) is 0 Å². The van der Waals surface area contributed by atoms with Crippen LogP contribution < -0.4 is 10.1 Å². The third kappa shape index (κ3) is 7.35. The molecule has 1 N–H and O–H groups in total. The Kier molecular flexibility index (Phi) is 11.3. The number of hydrogen-bond acceptors (Lipinski definition) is 5. The van der Waals surface area contributed by atoms with Gasteiger partial charge in [0, 0.05) is 51.1 Å². The van der Waals surface area contributed by atoms with E-state index in [2.05, 4.69) is 45.1 Å². The third-order valence-corrected chi connectivity index (χ3v) is 5.64. The SMILES string of the molecule is CCN(CC)CCOc1ccccc1CNC(=NC)N1CCOC(c2cnn(C)c2)C1.I. The molecule has 0 amide bonds. The Bertz CT molecular complexity index is 839. The van der Waals surface area contributed by atoms with E-state index in [1.807, 2.05) is 49.4 Å². The summed E-state index contributed by atoms with van der Waals surface area (Å²) in [6, 6.07) is 8.20. The second kappa shape index (κ2) is 13.6. The van der Waals surface area contributed by atoms with Crippen molar-refractivity contribution in [3.05, 3.63) is 47.8 Å². The van der Waals surface area contributed by atoms with Crippen molar-refractivity contribution < 1.29 is 9.47 Å². The van der Waals surface area contributed by atoms with Gasteiger partial charge >= 0.3 is 0 Å². The first kappa shape index (κ1) is 26.4. The summed E-state index contributed by atoms with van der Waals surface area (Å²) in [4.78, 5) is 9.11. The number of para-hydroxylation sites is 1. The molecule has 1 aromatic carbocycles. The minimum atomic E-state index is -0.00306. The van der Waals surface area contributed by atoms with Gasteiger partial charge in [0.15, 0.2) is 5.96 Å². The van der Waals surface area contributed by atoms with Gasteiger partial charge in [-0.2, -0.15) is 5.10 Å². The van der Waals surface area contributed by atoms with Gasteiger partial charge in [0.1, 0.15) is 18.5 Å². The average molecular weight is 556 g/mol. The summed E-state index contributed by atoms with van der Waals surface area (Å²) >= 11 is 0. The first-order chi connectivity index (χ1) is 15.1. The van der Waals surface area contributed by atoms with Crippen molar-refractivity contribution in [1.29, 1.82) is 0 Å². The number of benzene rings is 1. The van der Waals surface area contributed by atoms with Crippen LogP contribution in [0.3, 0.4) is 0 Å². The van der Waals surface area contributed by atoms with E-state index < -0.39 is 0 Å². The molecular weight excluding hydrogens is 519 g/mol. The Morgan fingerprint density at radius 2 is 2.09 bits per heavy atom. The number of ether oxygens (including phenoxy) is 2. The van der Waals surface area contributed by atoms with Gasteiger partial charge in [-0.1, -0.05) is 32.0 Å². The van der Waals surface area contributed by atoms with Crippen molar-refractivity contribution >= 4 is 29.9 Å². The van der Waals surface area contributed by atoms with E-state index in [1.165, 1.54) is 0 Å². The lowest BCUT2D eigenvalue weighted by Crippen LogP contribution is -2.47. The summed E-state index contributed by atoms with van der Waals surface area (Å²) < 4.78 is 13.9. The molecule has 2 aromatic rings. The number of aliphatic imine (C=N–C) groups is 1. The summed E-state index contributed by atoms with van der Waals surface area (Å²) in [7, 11) is 3.75. The first-order valence-corrected chi connectivity index (χ1v) is 11.1.